The molecular weight excluding hydrogens is 334 g/mol. The van der Waals surface area contributed by atoms with Crippen LogP contribution in [0.4, 0.5) is 0 Å². The van der Waals surface area contributed by atoms with Gasteiger partial charge in [-0.1, -0.05) is 19.3 Å². The molecule has 1 aliphatic heterocycles. The van der Waals surface area contributed by atoms with Crippen LogP contribution in [0.3, 0.4) is 0 Å². The summed E-state index contributed by atoms with van der Waals surface area (Å²) in [6.45, 7) is 2.24. The van der Waals surface area contributed by atoms with Gasteiger partial charge in [-0.15, -0.1) is 11.3 Å². The summed E-state index contributed by atoms with van der Waals surface area (Å²) < 4.78 is 1.10. The van der Waals surface area contributed by atoms with Gasteiger partial charge in [0.05, 0.1) is 5.54 Å². The van der Waals surface area contributed by atoms with Crippen LogP contribution in [0.2, 0.25) is 0 Å². The van der Waals surface area contributed by atoms with Crippen molar-refractivity contribution >= 4 is 33.0 Å². The monoisotopic (exact) mass is 355 g/mol. The smallest absolute Gasteiger partial charge is 0.158 e. The molecule has 1 saturated carbocycles. The van der Waals surface area contributed by atoms with Gasteiger partial charge in [0.25, 0.3) is 0 Å². The first-order chi connectivity index (χ1) is 9.72. The molecule has 0 N–H and O–H groups in total. The lowest BCUT2D eigenvalue weighted by molar-refractivity contribution is -0.131. The van der Waals surface area contributed by atoms with E-state index < -0.39 is 0 Å². The van der Waals surface area contributed by atoms with Crippen molar-refractivity contribution in [1.29, 1.82) is 0 Å². The molecule has 0 atom stereocenters. The fraction of sp³-hybridized carbons (Fsp3) is 0.688. The summed E-state index contributed by atoms with van der Waals surface area (Å²) in [4.78, 5) is 16.7. The molecule has 0 spiro atoms. The molecule has 2 heterocycles. The minimum Gasteiger partial charge on any atom is -0.297 e. The Labute approximate surface area is 133 Å². The fourth-order valence-corrected chi connectivity index (χ4v) is 5.31. The minimum absolute atomic E-state index is 0.135. The first-order valence-electron chi connectivity index (χ1n) is 7.73. The van der Waals surface area contributed by atoms with Gasteiger partial charge in [0.2, 0.25) is 0 Å². The number of halogens is 1. The van der Waals surface area contributed by atoms with Crippen LogP contribution in [0, 0.1) is 0 Å². The van der Waals surface area contributed by atoms with Gasteiger partial charge in [0.15, 0.2) is 5.78 Å². The van der Waals surface area contributed by atoms with Crippen LogP contribution in [0.15, 0.2) is 15.9 Å². The zero-order valence-corrected chi connectivity index (χ0v) is 14.3. The molecular formula is C16H22BrNOS. The number of nitrogens with zero attached hydrogens (tertiary/aromatic N) is 1. The van der Waals surface area contributed by atoms with E-state index in [9.17, 15) is 4.79 Å². The third kappa shape index (κ3) is 2.75. The average Bonchev–Trinajstić information content (AvgIpc) is 3.11. The van der Waals surface area contributed by atoms with Gasteiger partial charge in [-0.3, -0.25) is 9.69 Å². The first-order valence-corrected chi connectivity index (χ1v) is 9.40. The molecule has 20 heavy (non-hydrogen) atoms. The van der Waals surface area contributed by atoms with E-state index in [0.717, 1.165) is 30.4 Å². The van der Waals surface area contributed by atoms with E-state index >= 15 is 0 Å². The van der Waals surface area contributed by atoms with E-state index in [4.69, 9.17) is 0 Å². The summed E-state index contributed by atoms with van der Waals surface area (Å²) in [6.07, 6.45) is 9.05. The molecule has 0 radical (unpaired) electrons. The standard InChI is InChI=1S/C16H22BrNOS/c17-13-6-11-20-14(13)12-15(19)16(7-2-3-8-16)18-9-4-1-5-10-18/h6,11H,1-5,7-10,12H2. The van der Waals surface area contributed by atoms with Crippen LogP contribution >= 0.6 is 27.3 Å². The summed E-state index contributed by atoms with van der Waals surface area (Å²) in [7, 11) is 0. The maximum Gasteiger partial charge on any atom is 0.158 e. The van der Waals surface area contributed by atoms with Crippen molar-refractivity contribution in [3.63, 3.8) is 0 Å². The second-order valence-electron chi connectivity index (χ2n) is 6.08. The summed E-state index contributed by atoms with van der Waals surface area (Å²) in [5.74, 6) is 0.458. The van der Waals surface area contributed by atoms with Crippen molar-refractivity contribution in [3.8, 4) is 0 Å². The second kappa shape index (κ2) is 6.29. The predicted octanol–water partition coefficient (Wildman–Crippen LogP) is 4.42. The normalized spacial score (nSPS) is 23.1. The molecule has 110 valence electrons. The number of carbonyl (C=O) groups is 1. The van der Waals surface area contributed by atoms with E-state index in [-0.39, 0.29) is 5.54 Å². The number of Topliss-reactive ketones (excluding diaryl/α,β-unsaturated/α-hetero) is 1. The highest BCUT2D eigenvalue weighted by molar-refractivity contribution is 9.10. The summed E-state index contributed by atoms with van der Waals surface area (Å²) in [5, 5.41) is 2.06. The van der Waals surface area contributed by atoms with Gasteiger partial charge < -0.3 is 0 Å². The predicted molar refractivity (Wildman–Crippen MR) is 87.4 cm³/mol. The molecule has 3 rings (SSSR count). The fourth-order valence-electron chi connectivity index (χ4n) is 3.81. The van der Waals surface area contributed by atoms with Crippen LogP contribution in [0.1, 0.15) is 49.8 Å². The van der Waals surface area contributed by atoms with Crippen molar-refractivity contribution in [2.24, 2.45) is 0 Å². The lowest BCUT2D eigenvalue weighted by Crippen LogP contribution is -2.55. The van der Waals surface area contributed by atoms with Crippen molar-refractivity contribution < 1.29 is 4.79 Å². The topological polar surface area (TPSA) is 20.3 Å². The number of thiophene rings is 1. The molecule has 2 aliphatic rings. The summed E-state index contributed by atoms with van der Waals surface area (Å²) >= 11 is 5.26. The highest BCUT2D eigenvalue weighted by atomic mass is 79.9. The number of likely N-dealkylation sites (tertiary alicyclic amines) is 1. The zero-order valence-electron chi connectivity index (χ0n) is 11.9. The van der Waals surface area contributed by atoms with Gasteiger partial charge in [-0.25, -0.2) is 0 Å². The number of rotatable bonds is 4. The van der Waals surface area contributed by atoms with Crippen molar-refractivity contribution in [2.45, 2.75) is 56.9 Å². The number of hydrogen-bond donors (Lipinski definition) is 0. The van der Waals surface area contributed by atoms with Crippen molar-refractivity contribution in [1.82, 2.24) is 4.90 Å². The van der Waals surface area contributed by atoms with E-state index in [0.29, 0.717) is 12.2 Å². The van der Waals surface area contributed by atoms with E-state index in [1.807, 2.05) is 0 Å². The Morgan fingerprint density at radius 1 is 1.20 bits per heavy atom. The lowest BCUT2D eigenvalue weighted by Gasteiger charge is -2.42. The van der Waals surface area contributed by atoms with Crippen LogP contribution < -0.4 is 0 Å². The van der Waals surface area contributed by atoms with Crippen LogP contribution in [0.5, 0.6) is 0 Å². The summed E-state index contributed by atoms with van der Waals surface area (Å²) in [6, 6.07) is 2.05. The molecule has 1 aromatic heterocycles. The maximum atomic E-state index is 13.0. The SMILES string of the molecule is O=C(Cc1sccc1Br)C1(N2CCCCC2)CCCC1. The molecule has 0 bridgehead atoms. The second-order valence-corrected chi connectivity index (χ2v) is 7.93. The number of ketones is 1. The Morgan fingerprint density at radius 2 is 1.90 bits per heavy atom. The van der Waals surface area contributed by atoms with E-state index in [1.165, 1.54) is 37.0 Å². The third-order valence-corrected chi connectivity index (χ3v) is 6.85. The van der Waals surface area contributed by atoms with Crippen molar-refractivity contribution in [3.05, 3.63) is 20.8 Å². The lowest BCUT2D eigenvalue weighted by atomic mass is 9.86. The molecule has 1 saturated heterocycles. The van der Waals surface area contributed by atoms with Gasteiger partial charge in [-0.05, 0) is 66.1 Å². The molecule has 2 nitrogen and oxygen atoms in total. The molecule has 0 unspecified atom stereocenters. The number of carbonyl (C=O) groups excluding carboxylic acids is 1. The summed E-state index contributed by atoms with van der Waals surface area (Å²) in [5.41, 5.74) is -0.135. The molecule has 0 aromatic carbocycles. The van der Waals surface area contributed by atoms with Gasteiger partial charge >= 0.3 is 0 Å². The Morgan fingerprint density at radius 3 is 2.50 bits per heavy atom. The van der Waals surface area contributed by atoms with Gasteiger partial charge in [-0.2, -0.15) is 0 Å². The highest BCUT2D eigenvalue weighted by Gasteiger charge is 2.45. The molecule has 1 aromatic rings. The minimum atomic E-state index is -0.135. The van der Waals surface area contributed by atoms with Gasteiger partial charge in [0, 0.05) is 15.8 Å². The van der Waals surface area contributed by atoms with Crippen molar-refractivity contribution in [2.75, 3.05) is 13.1 Å². The first kappa shape index (κ1) is 14.7. The molecule has 4 heteroatoms. The maximum absolute atomic E-state index is 13.0. The van der Waals surface area contributed by atoms with Crippen LogP contribution in [-0.4, -0.2) is 29.3 Å². The largest absolute Gasteiger partial charge is 0.297 e. The quantitative estimate of drug-likeness (QED) is 0.796. The van der Waals surface area contributed by atoms with Crippen LogP contribution in [-0.2, 0) is 11.2 Å². The third-order valence-electron chi connectivity index (χ3n) is 4.92. The Bertz CT molecular complexity index is 473. The van der Waals surface area contributed by atoms with Crippen LogP contribution in [0.25, 0.3) is 0 Å². The average molecular weight is 356 g/mol. The highest BCUT2D eigenvalue weighted by Crippen LogP contribution is 2.39. The van der Waals surface area contributed by atoms with E-state index in [2.05, 4.69) is 32.3 Å². The Hall–Kier alpha value is -0.190. The molecule has 1 aliphatic carbocycles. The molecule has 0 amide bonds. The Kier molecular flexibility index (Phi) is 4.63. The zero-order chi connectivity index (χ0) is 14.0. The Balaban J connectivity index is 1.79. The van der Waals surface area contributed by atoms with Gasteiger partial charge in [0.1, 0.15) is 0 Å². The number of piperidine rings is 1. The number of hydrogen-bond acceptors (Lipinski definition) is 3. The molecule has 2 fully saturated rings. The van der Waals surface area contributed by atoms with E-state index in [1.54, 1.807) is 11.3 Å².